The molecule has 0 atom stereocenters. The maximum atomic E-state index is 12.0. The van der Waals surface area contributed by atoms with Crippen LogP contribution in [0.4, 0.5) is 0 Å². The van der Waals surface area contributed by atoms with Crippen molar-refractivity contribution in [3.63, 3.8) is 0 Å². The summed E-state index contributed by atoms with van der Waals surface area (Å²) in [6.07, 6.45) is 0.482. The van der Waals surface area contributed by atoms with Crippen LogP contribution in [0.2, 0.25) is 0 Å². The smallest absolute Gasteiger partial charge is 0.262 e. The molecular weight excluding hydrogens is 278 g/mol. The van der Waals surface area contributed by atoms with Crippen molar-refractivity contribution in [3.8, 4) is 11.8 Å². The lowest BCUT2D eigenvalue weighted by Crippen LogP contribution is -2.25. The second-order valence-electron chi connectivity index (χ2n) is 3.86. The van der Waals surface area contributed by atoms with Crippen molar-refractivity contribution >= 4 is 17.2 Å². The van der Waals surface area contributed by atoms with Gasteiger partial charge in [0.1, 0.15) is 11.5 Å². The number of carbonyl (C=O) groups is 1. The molecule has 104 valence electrons. The number of nitrogens with one attached hydrogen (secondary N) is 1. The molecule has 0 saturated heterocycles. The van der Waals surface area contributed by atoms with Gasteiger partial charge in [-0.25, -0.2) is 0 Å². The predicted octanol–water partition coefficient (Wildman–Crippen LogP) is 0.756. The Bertz CT molecular complexity index is 651. The number of rotatable bonds is 4. The van der Waals surface area contributed by atoms with Crippen molar-refractivity contribution in [2.75, 3.05) is 13.2 Å². The SMILES string of the molecule is Cc1noc(CCNC(=O)c2sccc2C#CCO)n1. The summed E-state index contributed by atoms with van der Waals surface area (Å²) >= 11 is 1.31. The lowest BCUT2D eigenvalue weighted by atomic mass is 10.2. The third-order valence-corrected chi connectivity index (χ3v) is 3.28. The third-order valence-electron chi connectivity index (χ3n) is 2.37. The van der Waals surface area contributed by atoms with E-state index in [0.29, 0.717) is 35.1 Å². The van der Waals surface area contributed by atoms with Crippen LogP contribution in [-0.4, -0.2) is 34.3 Å². The molecule has 2 aromatic rings. The second-order valence-corrected chi connectivity index (χ2v) is 4.78. The number of amides is 1. The van der Waals surface area contributed by atoms with Crippen molar-refractivity contribution in [1.82, 2.24) is 15.5 Å². The van der Waals surface area contributed by atoms with E-state index in [-0.39, 0.29) is 12.5 Å². The highest BCUT2D eigenvalue weighted by Crippen LogP contribution is 2.15. The molecule has 0 saturated carbocycles. The number of aromatic nitrogens is 2. The Hall–Kier alpha value is -2.17. The van der Waals surface area contributed by atoms with Crippen LogP contribution in [0, 0.1) is 18.8 Å². The Labute approximate surface area is 119 Å². The van der Waals surface area contributed by atoms with E-state index in [1.165, 1.54) is 11.3 Å². The van der Waals surface area contributed by atoms with Crippen molar-refractivity contribution in [3.05, 3.63) is 33.6 Å². The number of hydrogen-bond acceptors (Lipinski definition) is 6. The maximum absolute atomic E-state index is 12.0. The van der Waals surface area contributed by atoms with Crippen molar-refractivity contribution < 1.29 is 14.4 Å². The summed E-state index contributed by atoms with van der Waals surface area (Å²) < 4.78 is 4.95. The highest BCUT2D eigenvalue weighted by Gasteiger charge is 2.12. The van der Waals surface area contributed by atoms with Gasteiger partial charge in [-0.05, 0) is 18.4 Å². The zero-order valence-electron chi connectivity index (χ0n) is 10.8. The lowest BCUT2D eigenvalue weighted by molar-refractivity contribution is 0.0957. The van der Waals surface area contributed by atoms with Gasteiger partial charge in [0.25, 0.3) is 5.91 Å². The number of carbonyl (C=O) groups excluding carboxylic acids is 1. The molecule has 0 bridgehead atoms. The first-order chi connectivity index (χ1) is 9.70. The quantitative estimate of drug-likeness (QED) is 0.812. The molecule has 0 unspecified atom stereocenters. The van der Waals surface area contributed by atoms with Crippen LogP contribution >= 0.6 is 11.3 Å². The Morgan fingerprint density at radius 2 is 2.45 bits per heavy atom. The highest BCUT2D eigenvalue weighted by molar-refractivity contribution is 7.12. The van der Waals surface area contributed by atoms with Gasteiger partial charge in [-0.2, -0.15) is 4.98 Å². The van der Waals surface area contributed by atoms with Crippen LogP contribution < -0.4 is 5.32 Å². The number of aliphatic hydroxyl groups is 1. The van der Waals surface area contributed by atoms with Gasteiger partial charge in [-0.1, -0.05) is 17.0 Å². The standard InChI is InChI=1S/C13H13N3O3S/c1-9-15-11(19-16-9)4-6-14-13(18)12-10(3-2-7-17)5-8-20-12/h5,8,17H,4,6-7H2,1H3,(H,14,18). The van der Waals surface area contributed by atoms with E-state index >= 15 is 0 Å². The van der Waals surface area contributed by atoms with Crippen molar-refractivity contribution in [2.45, 2.75) is 13.3 Å². The molecule has 7 heteroatoms. The van der Waals surface area contributed by atoms with Gasteiger partial charge in [0.2, 0.25) is 5.89 Å². The normalized spacial score (nSPS) is 9.90. The molecule has 0 spiro atoms. The molecule has 0 fully saturated rings. The first-order valence-corrected chi connectivity index (χ1v) is 6.83. The average molecular weight is 291 g/mol. The minimum atomic E-state index is -0.229. The summed E-state index contributed by atoms with van der Waals surface area (Å²) in [5.41, 5.74) is 0.621. The predicted molar refractivity (Wildman–Crippen MR) is 73.4 cm³/mol. The van der Waals surface area contributed by atoms with E-state index in [9.17, 15) is 4.79 Å². The Morgan fingerprint density at radius 1 is 1.60 bits per heavy atom. The van der Waals surface area contributed by atoms with Crippen molar-refractivity contribution in [1.29, 1.82) is 0 Å². The molecule has 0 aliphatic heterocycles. The first-order valence-electron chi connectivity index (χ1n) is 5.95. The molecule has 0 aromatic carbocycles. The molecule has 2 aromatic heterocycles. The molecule has 2 N–H and O–H groups in total. The second kappa shape index (κ2) is 6.84. The number of hydrogen-bond donors (Lipinski definition) is 2. The van der Waals surface area contributed by atoms with E-state index < -0.39 is 0 Å². The summed E-state index contributed by atoms with van der Waals surface area (Å²) in [5, 5.41) is 16.9. The number of thiophene rings is 1. The molecule has 2 heterocycles. The molecule has 6 nitrogen and oxygen atoms in total. The number of aryl methyl sites for hydroxylation is 1. The zero-order valence-corrected chi connectivity index (χ0v) is 11.7. The molecule has 1 amide bonds. The molecule has 0 aliphatic rings. The van der Waals surface area contributed by atoms with E-state index in [4.69, 9.17) is 9.63 Å². The summed E-state index contributed by atoms with van der Waals surface area (Å²) in [5.74, 6) is 6.15. The van der Waals surface area contributed by atoms with E-state index in [1.807, 2.05) is 0 Å². The minimum absolute atomic E-state index is 0.196. The fourth-order valence-corrected chi connectivity index (χ4v) is 2.29. The van der Waals surface area contributed by atoms with Gasteiger partial charge in [0.05, 0.1) is 0 Å². The minimum Gasteiger partial charge on any atom is -0.384 e. The van der Waals surface area contributed by atoms with Gasteiger partial charge < -0.3 is 14.9 Å². The topological polar surface area (TPSA) is 88.2 Å². The molecule has 20 heavy (non-hydrogen) atoms. The fraction of sp³-hybridized carbons (Fsp3) is 0.308. The molecule has 0 aliphatic carbocycles. The monoisotopic (exact) mass is 291 g/mol. The van der Waals surface area contributed by atoms with E-state index in [0.717, 1.165) is 0 Å². The summed E-state index contributed by atoms with van der Waals surface area (Å²) in [4.78, 5) is 16.6. The molecule has 2 rings (SSSR count). The summed E-state index contributed by atoms with van der Waals surface area (Å²) in [6.45, 7) is 1.92. The Kier molecular flexibility index (Phi) is 4.87. The number of aliphatic hydroxyl groups excluding tert-OH is 1. The van der Waals surface area contributed by atoms with Gasteiger partial charge in [-0.15, -0.1) is 11.3 Å². The van der Waals surface area contributed by atoms with Crippen molar-refractivity contribution in [2.24, 2.45) is 0 Å². The van der Waals surface area contributed by atoms with Crippen LogP contribution in [-0.2, 0) is 6.42 Å². The Balaban J connectivity index is 1.90. The summed E-state index contributed by atoms with van der Waals surface area (Å²) in [6, 6.07) is 1.75. The van der Waals surface area contributed by atoms with Crippen LogP contribution in [0.15, 0.2) is 16.0 Å². The van der Waals surface area contributed by atoms with Crippen LogP contribution in [0.1, 0.15) is 27.0 Å². The lowest BCUT2D eigenvalue weighted by Gasteiger charge is -2.01. The third kappa shape index (κ3) is 3.66. The van der Waals surface area contributed by atoms with E-state index in [1.54, 1.807) is 18.4 Å². The van der Waals surface area contributed by atoms with Crippen LogP contribution in [0.5, 0.6) is 0 Å². The maximum Gasteiger partial charge on any atom is 0.262 e. The Morgan fingerprint density at radius 3 is 3.15 bits per heavy atom. The van der Waals surface area contributed by atoms with Gasteiger partial charge >= 0.3 is 0 Å². The number of nitrogens with zero attached hydrogens (tertiary/aromatic N) is 2. The first kappa shape index (κ1) is 14.2. The van der Waals surface area contributed by atoms with Crippen LogP contribution in [0.25, 0.3) is 0 Å². The van der Waals surface area contributed by atoms with Gasteiger partial charge in [0, 0.05) is 18.5 Å². The van der Waals surface area contributed by atoms with Crippen LogP contribution in [0.3, 0.4) is 0 Å². The largest absolute Gasteiger partial charge is 0.384 e. The molecular formula is C13H13N3O3S. The van der Waals surface area contributed by atoms with Gasteiger partial charge in [-0.3, -0.25) is 4.79 Å². The summed E-state index contributed by atoms with van der Waals surface area (Å²) in [7, 11) is 0. The average Bonchev–Trinajstić information content (AvgIpc) is 3.05. The zero-order chi connectivity index (χ0) is 14.4. The van der Waals surface area contributed by atoms with Gasteiger partial charge in [0.15, 0.2) is 5.82 Å². The molecule has 0 radical (unpaired) electrons. The van der Waals surface area contributed by atoms with E-state index in [2.05, 4.69) is 27.3 Å². The highest BCUT2D eigenvalue weighted by atomic mass is 32.1. The fourth-order valence-electron chi connectivity index (χ4n) is 1.52.